The number of nitrogens with one attached hydrogen (secondary N) is 1. The molecule has 1 aromatic heterocycles. The van der Waals surface area contributed by atoms with Gasteiger partial charge in [-0.3, -0.25) is 0 Å². The molecule has 3 N–H and O–H groups in total. The fourth-order valence-corrected chi connectivity index (χ4v) is 3.62. The Morgan fingerprint density at radius 1 is 1.30 bits per heavy atom. The van der Waals surface area contributed by atoms with Gasteiger partial charge in [-0.1, -0.05) is 33.6 Å². The van der Waals surface area contributed by atoms with E-state index in [1.165, 1.54) is 25.7 Å². The highest BCUT2D eigenvalue weighted by Gasteiger charge is 2.25. The van der Waals surface area contributed by atoms with Crippen LogP contribution >= 0.6 is 0 Å². The van der Waals surface area contributed by atoms with E-state index in [0.717, 1.165) is 44.2 Å². The molecule has 3 atom stereocenters. The number of hydrogen-bond acceptors (Lipinski definition) is 5. The molecule has 1 aliphatic rings. The molecule has 1 heterocycles. The highest BCUT2D eigenvalue weighted by atomic mass is 15.5. The molecule has 6 heteroatoms. The summed E-state index contributed by atoms with van der Waals surface area (Å²) in [7, 11) is 0. The lowest BCUT2D eigenvalue weighted by atomic mass is 9.81. The number of nitrogens with two attached hydrogens (primary N) is 1. The zero-order valence-electron chi connectivity index (χ0n) is 15.0. The van der Waals surface area contributed by atoms with Gasteiger partial charge >= 0.3 is 0 Å². The molecule has 0 aliphatic heterocycles. The quantitative estimate of drug-likeness (QED) is 0.730. The first-order valence-corrected chi connectivity index (χ1v) is 9.35. The standard InChI is InChI=1S/C17H34N6/c1-4-5-9-23-17(20-21-22-23)16(13(2)3)19-12-15-8-6-7-14(10-15)11-18/h13-16,19H,4-12,18H2,1-3H3. The van der Waals surface area contributed by atoms with Gasteiger partial charge in [0.2, 0.25) is 0 Å². The van der Waals surface area contributed by atoms with E-state index in [4.69, 9.17) is 5.73 Å². The van der Waals surface area contributed by atoms with E-state index in [1.54, 1.807) is 0 Å². The number of rotatable bonds is 9. The minimum absolute atomic E-state index is 0.222. The Morgan fingerprint density at radius 3 is 2.78 bits per heavy atom. The zero-order chi connectivity index (χ0) is 16.7. The second-order valence-electron chi connectivity index (χ2n) is 7.38. The largest absolute Gasteiger partial charge is 0.330 e. The van der Waals surface area contributed by atoms with Gasteiger partial charge in [0.05, 0.1) is 6.04 Å². The minimum Gasteiger partial charge on any atom is -0.330 e. The van der Waals surface area contributed by atoms with Crippen molar-refractivity contribution in [1.29, 1.82) is 0 Å². The van der Waals surface area contributed by atoms with E-state index in [0.29, 0.717) is 11.8 Å². The van der Waals surface area contributed by atoms with Crippen molar-refractivity contribution in [2.75, 3.05) is 13.1 Å². The van der Waals surface area contributed by atoms with Crippen LogP contribution in [0.2, 0.25) is 0 Å². The predicted octanol–water partition coefficient (Wildman–Crippen LogP) is 2.52. The van der Waals surface area contributed by atoms with Crippen molar-refractivity contribution in [3.63, 3.8) is 0 Å². The van der Waals surface area contributed by atoms with Crippen LogP contribution in [0, 0.1) is 17.8 Å². The van der Waals surface area contributed by atoms with E-state index in [2.05, 4.69) is 41.6 Å². The first-order chi connectivity index (χ1) is 11.2. The summed E-state index contributed by atoms with van der Waals surface area (Å²) in [5, 5.41) is 16.1. The van der Waals surface area contributed by atoms with Crippen molar-refractivity contribution in [3.05, 3.63) is 5.82 Å². The molecule has 1 aromatic rings. The third-order valence-electron chi connectivity index (χ3n) is 5.08. The normalized spacial score (nSPS) is 23.3. The Hall–Kier alpha value is -1.01. The second kappa shape index (κ2) is 9.33. The number of tetrazole rings is 1. The van der Waals surface area contributed by atoms with Gasteiger partial charge in [-0.15, -0.1) is 5.10 Å². The summed E-state index contributed by atoms with van der Waals surface area (Å²) in [5.41, 5.74) is 5.86. The maximum absolute atomic E-state index is 5.86. The van der Waals surface area contributed by atoms with Crippen LogP contribution in [0.1, 0.15) is 71.2 Å². The van der Waals surface area contributed by atoms with Gasteiger partial charge in [-0.2, -0.15) is 0 Å². The van der Waals surface area contributed by atoms with Crippen LogP contribution in [0.3, 0.4) is 0 Å². The molecule has 1 fully saturated rings. The number of unbranched alkanes of at least 4 members (excludes halogenated alkanes) is 1. The van der Waals surface area contributed by atoms with Gasteiger partial charge in [0, 0.05) is 6.54 Å². The number of aryl methyl sites for hydroxylation is 1. The molecule has 0 amide bonds. The molecule has 0 bridgehead atoms. The van der Waals surface area contributed by atoms with Crippen LogP contribution in [0.4, 0.5) is 0 Å². The van der Waals surface area contributed by atoms with Gasteiger partial charge in [-0.25, -0.2) is 4.68 Å². The Labute approximate surface area is 140 Å². The lowest BCUT2D eigenvalue weighted by Gasteiger charge is -2.30. The summed E-state index contributed by atoms with van der Waals surface area (Å²) in [6.45, 7) is 9.45. The van der Waals surface area contributed by atoms with E-state index < -0.39 is 0 Å². The minimum atomic E-state index is 0.222. The van der Waals surface area contributed by atoms with E-state index in [-0.39, 0.29) is 6.04 Å². The topological polar surface area (TPSA) is 81.7 Å². The highest BCUT2D eigenvalue weighted by Crippen LogP contribution is 2.29. The Morgan fingerprint density at radius 2 is 2.09 bits per heavy atom. The predicted molar refractivity (Wildman–Crippen MR) is 92.8 cm³/mol. The van der Waals surface area contributed by atoms with Gasteiger partial charge in [0.15, 0.2) is 5.82 Å². The molecule has 3 unspecified atom stereocenters. The van der Waals surface area contributed by atoms with Gasteiger partial charge in [0.25, 0.3) is 0 Å². The van der Waals surface area contributed by atoms with Crippen molar-refractivity contribution in [3.8, 4) is 0 Å². The van der Waals surface area contributed by atoms with Crippen molar-refractivity contribution < 1.29 is 0 Å². The molecule has 0 aromatic carbocycles. The summed E-state index contributed by atoms with van der Waals surface area (Å²) >= 11 is 0. The molecule has 1 aliphatic carbocycles. The molecule has 0 radical (unpaired) electrons. The summed E-state index contributed by atoms with van der Waals surface area (Å²) in [6, 6.07) is 0.222. The fraction of sp³-hybridized carbons (Fsp3) is 0.941. The number of aromatic nitrogens is 4. The Bertz CT molecular complexity index is 444. The van der Waals surface area contributed by atoms with Gasteiger partial charge < -0.3 is 11.1 Å². The van der Waals surface area contributed by atoms with E-state index >= 15 is 0 Å². The van der Waals surface area contributed by atoms with Gasteiger partial charge in [0.1, 0.15) is 0 Å². The summed E-state index contributed by atoms with van der Waals surface area (Å²) in [5.74, 6) is 2.90. The molecule has 2 rings (SSSR count). The Kier molecular flexibility index (Phi) is 7.43. The average molecular weight is 323 g/mol. The average Bonchev–Trinajstić information content (AvgIpc) is 3.01. The molecule has 6 nitrogen and oxygen atoms in total. The highest BCUT2D eigenvalue weighted by molar-refractivity contribution is 4.94. The number of nitrogens with zero attached hydrogens (tertiary/aromatic N) is 4. The summed E-state index contributed by atoms with van der Waals surface area (Å²) in [6.07, 6.45) is 7.46. The molecule has 0 spiro atoms. The van der Waals surface area contributed by atoms with E-state index in [9.17, 15) is 0 Å². The van der Waals surface area contributed by atoms with Crippen molar-refractivity contribution in [2.45, 2.75) is 71.9 Å². The molecule has 0 saturated heterocycles. The third-order valence-corrected chi connectivity index (χ3v) is 5.08. The number of hydrogen-bond donors (Lipinski definition) is 2. The molecule has 132 valence electrons. The lowest BCUT2D eigenvalue weighted by molar-refractivity contribution is 0.245. The monoisotopic (exact) mass is 322 g/mol. The fourth-order valence-electron chi connectivity index (χ4n) is 3.62. The first kappa shape index (κ1) is 18.3. The molecule has 23 heavy (non-hydrogen) atoms. The van der Waals surface area contributed by atoms with Crippen molar-refractivity contribution in [2.24, 2.45) is 23.5 Å². The lowest BCUT2D eigenvalue weighted by Crippen LogP contribution is -2.35. The van der Waals surface area contributed by atoms with Gasteiger partial charge in [-0.05, 0) is 67.0 Å². The van der Waals surface area contributed by atoms with Crippen LogP contribution in [0.25, 0.3) is 0 Å². The molecular weight excluding hydrogens is 288 g/mol. The van der Waals surface area contributed by atoms with Crippen LogP contribution in [-0.2, 0) is 6.54 Å². The molecule has 1 saturated carbocycles. The van der Waals surface area contributed by atoms with Crippen LogP contribution < -0.4 is 11.1 Å². The van der Waals surface area contributed by atoms with E-state index in [1.807, 2.05) is 4.68 Å². The third kappa shape index (κ3) is 5.24. The first-order valence-electron chi connectivity index (χ1n) is 9.35. The maximum atomic E-state index is 5.86. The van der Waals surface area contributed by atoms with Crippen molar-refractivity contribution in [1.82, 2.24) is 25.5 Å². The second-order valence-corrected chi connectivity index (χ2v) is 7.38. The summed E-state index contributed by atoms with van der Waals surface area (Å²) < 4.78 is 1.98. The SMILES string of the molecule is CCCCn1nnnc1C(NCC1CCCC(CN)C1)C(C)C. The van der Waals surface area contributed by atoms with Crippen molar-refractivity contribution >= 4 is 0 Å². The summed E-state index contributed by atoms with van der Waals surface area (Å²) in [4.78, 5) is 0. The maximum Gasteiger partial charge on any atom is 0.168 e. The molecular formula is C17H34N6. The Balaban J connectivity index is 1.95. The zero-order valence-corrected chi connectivity index (χ0v) is 15.0. The van der Waals surface area contributed by atoms with Crippen LogP contribution in [0.5, 0.6) is 0 Å². The smallest absolute Gasteiger partial charge is 0.168 e. The van der Waals surface area contributed by atoms with Crippen LogP contribution in [0.15, 0.2) is 0 Å². The van der Waals surface area contributed by atoms with Crippen LogP contribution in [-0.4, -0.2) is 33.3 Å².